The standard InChI is InChI=1S/C15H14FNO2/c1-9-6-10(2-5-13(9)16)17-14-8-19-15-7-11(18)3-4-12(14)15/h2-7,14,17-18H,8H2,1H3. The molecule has 2 N–H and O–H groups in total. The Morgan fingerprint density at radius 1 is 1.26 bits per heavy atom. The number of nitrogens with one attached hydrogen (secondary N) is 1. The first kappa shape index (κ1) is 11.8. The molecule has 0 saturated carbocycles. The highest BCUT2D eigenvalue weighted by Crippen LogP contribution is 2.36. The van der Waals surface area contributed by atoms with Gasteiger partial charge in [0.05, 0.1) is 6.04 Å². The van der Waals surface area contributed by atoms with Gasteiger partial charge in [0, 0.05) is 17.3 Å². The number of rotatable bonds is 2. The number of phenols is 1. The van der Waals surface area contributed by atoms with Gasteiger partial charge in [-0.1, -0.05) is 0 Å². The predicted molar refractivity (Wildman–Crippen MR) is 71.1 cm³/mol. The predicted octanol–water partition coefficient (Wildman–Crippen LogP) is 3.39. The molecule has 0 radical (unpaired) electrons. The third kappa shape index (κ3) is 2.21. The molecule has 0 aromatic heterocycles. The molecule has 1 unspecified atom stereocenters. The maximum absolute atomic E-state index is 13.2. The average Bonchev–Trinajstić information content (AvgIpc) is 2.76. The van der Waals surface area contributed by atoms with Gasteiger partial charge in [-0.3, -0.25) is 0 Å². The lowest BCUT2D eigenvalue weighted by molar-refractivity contribution is 0.338. The van der Waals surface area contributed by atoms with Gasteiger partial charge in [0.1, 0.15) is 23.9 Å². The normalized spacial score (nSPS) is 16.8. The Labute approximate surface area is 110 Å². The van der Waals surface area contributed by atoms with Crippen molar-refractivity contribution in [1.29, 1.82) is 0 Å². The Morgan fingerprint density at radius 3 is 2.89 bits per heavy atom. The van der Waals surface area contributed by atoms with Crippen molar-refractivity contribution in [2.45, 2.75) is 13.0 Å². The van der Waals surface area contributed by atoms with Gasteiger partial charge in [-0.05, 0) is 42.8 Å². The van der Waals surface area contributed by atoms with Crippen molar-refractivity contribution in [3.63, 3.8) is 0 Å². The van der Waals surface area contributed by atoms with Crippen molar-refractivity contribution < 1.29 is 14.2 Å². The Hall–Kier alpha value is -2.23. The molecule has 4 heteroatoms. The summed E-state index contributed by atoms with van der Waals surface area (Å²) in [4.78, 5) is 0. The molecule has 3 rings (SSSR count). The summed E-state index contributed by atoms with van der Waals surface area (Å²) in [6.07, 6.45) is 0. The van der Waals surface area contributed by atoms with Crippen LogP contribution in [0.2, 0.25) is 0 Å². The second-order valence-electron chi connectivity index (χ2n) is 4.69. The number of hydrogen-bond donors (Lipinski definition) is 2. The molecular formula is C15H14FNO2. The van der Waals surface area contributed by atoms with Crippen molar-refractivity contribution >= 4 is 5.69 Å². The molecule has 3 nitrogen and oxygen atoms in total. The zero-order chi connectivity index (χ0) is 13.4. The van der Waals surface area contributed by atoms with E-state index in [-0.39, 0.29) is 17.6 Å². The maximum Gasteiger partial charge on any atom is 0.128 e. The zero-order valence-corrected chi connectivity index (χ0v) is 10.5. The van der Waals surface area contributed by atoms with Crippen molar-refractivity contribution in [3.05, 3.63) is 53.3 Å². The summed E-state index contributed by atoms with van der Waals surface area (Å²) in [7, 11) is 0. The molecule has 0 saturated heterocycles. The topological polar surface area (TPSA) is 41.5 Å². The number of hydrogen-bond acceptors (Lipinski definition) is 3. The smallest absolute Gasteiger partial charge is 0.128 e. The largest absolute Gasteiger partial charge is 0.508 e. The van der Waals surface area contributed by atoms with Crippen LogP contribution in [0.25, 0.3) is 0 Å². The van der Waals surface area contributed by atoms with Gasteiger partial charge in [-0.15, -0.1) is 0 Å². The van der Waals surface area contributed by atoms with E-state index in [2.05, 4.69) is 5.32 Å². The van der Waals surface area contributed by atoms with Gasteiger partial charge in [0.2, 0.25) is 0 Å². The minimum atomic E-state index is -0.210. The third-order valence-corrected chi connectivity index (χ3v) is 3.28. The van der Waals surface area contributed by atoms with E-state index in [1.165, 1.54) is 6.07 Å². The number of ether oxygens (including phenoxy) is 1. The first-order valence-electron chi connectivity index (χ1n) is 6.12. The summed E-state index contributed by atoms with van der Waals surface area (Å²) in [6, 6.07) is 10.0. The summed E-state index contributed by atoms with van der Waals surface area (Å²) in [5.41, 5.74) is 2.46. The van der Waals surface area contributed by atoms with E-state index in [1.54, 1.807) is 31.2 Å². The van der Waals surface area contributed by atoms with Crippen LogP contribution in [-0.2, 0) is 0 Å². The second-order valence-corrected chi connectivity index (χ2v) is 4.69. The van der Waals surface area contributed by atoms with E-state index in [9.17, 15) is 9.50 Å². The molecule has 1 atom stereocenters. The molecule has 1 heterocycles. The van der Waals surface area contributed by atoms with E-state index in [1.807, 2.05) is 6.07 Å². The third-order valence-electron chi connectivity index (χ3n) is 3.28. The molecule has 0 amide bonds. The SMILES string of the molecule is Cc1cc(NC2COc3cc(O)ccc32)ccc1F. The fraction of sp³-hybridized carbons (Fsp3) is 0.200. The molecule has 0 aliphatic carbocycles. The monoisotopic (exact) mass is 259 g/mol. The van der Waals surface area contributed by atoms with Crippen LogP contribution in [0.5, 0.6) is 11.5 Å². The van der Waals surface area contributed by atoms with Crippen LogP contribution in [0.1, 0.15) is 17.2 Å². The number of anilines is 1. The first-order valence-corrected chi connectivity index (χ1v) is 6.12. The Morgan fingerprint density at radius 2 is 2.11 bits per heavy atom. The molecule has 0 spiro atoms. The Kier molecular flexibility index (Phi) is 2.78. The van der Waals surface area contributed by atoms with Gasteiger partial charge in [0.25, 0.3) is 0 Å². The first-order chi connectivity index (χ1) is 9.13. The molecule has 98 valence electrons. The molecule has 2 aromatic carbocycles. The number of aryl methyl sites for hydroxylation is 1. The maximum atomic E-state index is 13.2. The van der Waals surface area contributed by atoms with Gasteiger partial charge >= 0.3 is 0 Å². The molecule has 1 aliphatic rings. The lowest BCUT2D eigenvalue weighted by atomic mass is 10.1. The summed E-state index contributed by atoms with van der Waals surface area (Å²) < 4.78 is 18.7. The Bertz CT molecular complexity index is 628. The van der Waals surface area contributed by atoms with E-state index in [0.29, 0.717) is 17.9 Å². The van der Waals surface area contributed by atoms with Crippen molar-refractivity contribution in [3.8, 4) is 11.5 Å². The highest BCUT2D eigenvalue weighted by molar-refractivity contribution is 5.52. The summed E-state index contributed by atoms with van der Waals surface area (Å²) >= 11 is 0. The highest BCUT2D eigenvalue weighted by Gasteiger charge is 2.24. The average molecular weight is 259 g/mol. The zero-order valence-electron chi connectivity index (χ0n) is 10.5. The van der Waals surface area contributed by atoms with Crippen LogP contribution in [0.4, 0.5) is 10.1 Å². The fourth-order valence-corrected chi connectivity index (χ4v) is 2.25. The number of benzene rings is 2. The lowest BCUT2D eigenvalue weighted by Crippen LogP contribution is -2.12. The summed E-state index contributed by atoms with van der Waals surface area (Å²) in [5, 5.41) is 12.7. The molecule has 1 aliphatic heterocycles. The number of halogens is 1. The minimum Gasteiger partial charge on any atom is -0.508 e. The van der Waals surface area contributed by atoms with Crippen LogP contribution >= 0.6 is 0 Å². The van der Waals surface area contributed by atoms with Crippen molar-refractivity contribution in [1.82, 2.24) is 0 Å². The molecular weight excluding hydrogens is 245 g/mol. The molecule has 0 bridgehead atoms. The Balaban J connectivity index is 1.84. The molecule has 19 heavy (non-hydrogen) atoms. The quantitative estimate of drug-likeness (QED) is 0.868. The summed E-state index contributed by atoms with van der Waals surface area (Å²) in [5.74, 6) is 0.673. The van der Waals surface area contributed by atoms with E-state index in [4.69, 9.17) is 4.74 Å². The van der Waals surface area contributed by atoms with Crippen molar-refractivity contribution in [2.24, 2.45) is 0 Å². The van der Waals surface area contributed by atoms with Crippen LogP contribution in [0.3, 0.4) is 0 Å². The van der Waals surface area contributed by atoms with Crippen molar-refractivity contribution in [2.75, 3.05) is 11.9 Å². The lowest BCUT2D eigenvalue weighted by Gasteiger charge is -2.14. The minimum absolute atomic E-state index is 0.0143. The van der Waals surface area contributed by atoms with E-state index < -0.39 is 0 Å². The van der Waals surface area contributed by atoms with Crippen LogP contribution < -0.4 is 10.1 Å². The van der Waals surface area contributed by atoms with Gasteiger partial charge < -0.3 is 15.2 Å². The molecule has 0 fully saturated rings. The molecule has 2 aromatic rings. The van der Waals surface area contributed by atoms with E-state index in [0.717, 1.165) is 11.3 Å². The fourth-order valence-electron chi connectivity index (χ4n) is 2.25. The second kappa shape index (κ2) is 4.46. The summed E-state index contributed by atoms with van der Waals surface area (Å²) in [6.45, 7) is 2.23. The highest BCUT2D eigenvalue weighted by atomic mass is 19.1. The van der Waals surface area contributed by atoms with Gasteiger partial charge in [-0.25, -0.2) is 4.39 Å². The van der Waals surface area contributed by atoms with Gasteiger partial charge in [-0.2, -0.15) is 0 Å². The van der Waals surface area contributed by atoms with Crippen LogP contribution in [0, 0.1) is 12.7 Å². The number of phenolic OH excluding ortho intramolecular Hbond substituents is 1. The van der Waals surface area contributed by atoms with Crippen LogP contribution in [0.15, 0.2) is 36.4 Å². The number of aromatic hydroxyl groups is 1. The van der Waals surface area contributed by atoms with Crippen LogP contribution in [-0.4, -0.2) is 11.7 Å². The number of fused-ring (bicyclic) bond motifs is 1. The van der Waals surface area contributed by atoms with E-state index >= 15 is 0 Å². The van der Waals surface area contributed by atoms with Gasteiger partial charge in [0.15, 0.2) is 0 Å².